The molecule has 5 heteroatoms. The van der Waals surface area contributed by atoms with Gasteiger partial charge in [0.05, 0.1) is 6.20 Å². The zero-order chi connectivity index (χ0) is 7.78. The predicted octanol–water partition coefficient (Wildman–Crippen LogP) is 1.42. The summed E-state index contributed by atoms with van der Waals surface area (Å²) < 4.78 is 22.3. The van der Waals surface area contributed by atoms with Crippen molar-refractivity contribution in [1.82, 2.24) is 0 Å². The molecule has 56 valence electrons. The van der Waals surface area contributed by atoms with Crippen LogP contribution in [-0.2, 0) is 9.84 Å². The van der Waals surface area contributed by atoms with Crippen molar-refractivity contribution in [1.29, 1.82) is 0 Å². The van der Waals surface area contributed by atoms with Crippen LogP contribution >= 0.6 is 15.9 Å². The topological polar surface area (TPSA) is 46.5 Å². The standard InChI is InChI=1S/C5H6BrNO2S/c1-2-5-7-3-4(6)10(5,8)9/h3H,2H2,1H3. The highest BCUT2D eigenvalue weighted by Gasteiger charge is 2.25. The van der Waals surface area contributed by atoms with Crippen molar-refractivity contribution < 1.29 is 8.42 Å². The van der Waals surface area contributed by atoms with Crippen molar-refractivity contribution in [3.63, 3.8) is 0 Å². The molecule has 10 heavy (non-hydrogen) atoms. The fourth-order valence-electron chi connectivity index (χ4n) is 0.655. The van der Waals surface area contributed by atoms with E-state index in [0.29, 0.717) is 6.42 Å². The van der Waals surface area contributed by atoms with Crippen LogP contribution in [0.5, 0.6) is 0 Å². The third-order valence-corrected chi connectivity index (χ3v) is 4.30. The Morgan fingerprint density at radius 1 is 1.70 bits per heavy atom. The maximum atomic E-state index is 11.1. The smallest absolute Gasteiger partial charge is 0.227 e. The van der Waals surface area contributed by atoms with E-state index < -0.39 is 9.84 Å². The van der Waals surface area contributed by atoms with Crippen molar-refractivity contribution in [2.45, 2.75) is 13.3 Å². The molecule has 0 aromatic rings. The molecule has 0 saturated heterocycles. The second kappa shape index (κ2) is 2.47. The van der Waals surface area contributed by atoms with Crippen LogP contribution in [0, 0.1) is 0 Å². The summed E-state index contributed by atoms with van der Waals surface area (Å²) >= 11 is 2.90. The Labute approximate surface area is 67.9 Å². The minimum absolute atomic E-state index is 0.164. The van der Waals surface area contributed by atoms with Gasteiger partial charge in [0.15, 0.2) is 0 Å². The third-order valence-electron chi connectivity index (χ3n) is 1.18. The summed E-state index contributed by atoms with van der Waals surface area (Å²) in [6, 6.07) is 0. The van der Waals surface area contributed by atoms with E-state index in [4.69, 9.17) is 0 Å². The number of hydrogen-bond donors (Lipinski definition) is 0. The molecular formula is C5H6BrNO2S. The minimum atomic E-state index is -3.19. The lowest BCUT2D eigenvalue weighted by molar-refractivity contribution is 0.614. The Morgan fingerprint density at radius 3 is 2.50 bits per heavy atom. The van der Waals surface area contributed by atoms with Crippen LogP contribution in [0.1, 0.15) is 13.3 Å². The Morgan fingerprint density at radius 2 is 2.30 bits per heavy atom. The molecule has 0 amide bonds. The molecule has 0 spiro atoms. The van der Waals surface area contributed by atoms with E-state index >= 15 is 0 Å². The molecule has 3 nitrogen and oxygen atoms in total. The zero-order valence-electron chi connectivity index (χ0n) is 5.33. The van der Waals surface area contributed by atoms with Gasteiger partial charge in [0.25, 0.3) is 0 Å². The van der Waals surface area contributed by atoms with Crippen LogP contribution in [0.25, 0.3) is 0 Å². The maximum absolute atomic E-state index is 11.1. The van der Waals surface area contributed by atoms with E-state index in [-0.39, 0.29) is 8.86 Å². The Bertz CT molecular complexity index is 302. The normalized spacial score (nSPS) is 22.2. The third kappa shape index (κ3) is 1.03. The summed E-state index contributed by atoms with van der Waals surface area (Å²) in [5.74, 6) is 0. The monoisotopic (exact) mass is 223 g/mol. The van der Waals surface area contributed by atoms with Gasteiger partial charge >= 0.3 is 0 Å². The van der Waals surface area contributed by atoms with Crippen LogP contribution in [0.2, 0.25) is 0 Å². The van der Waals surface area contributed by atoms with E-state index in [2.05, 4.69) is 20.9 Å². The molecule has 0 radical (unpaired) electrons. The lowest BCUT2D eigenvalue weighted by Crippen LogP contribution is -2.08. The van der Waals surface area contributed by atoms with E-state index in [1.54, 1.807) is 6.92 Å². The Hall–Kier alpha value is -0.160. The first-order valence-corrected chi connectivity index (χ1v) is 5.04. The number of sulfone groups is 1. The van der Waals surface area contributed by atoms with Gasteiger partial charge in [-0.25, -0.2) is 13.4 Å². The highest BCUT2D eigenvalue weighted by atomic mass is 79.9. The van der Waals surface area contributed by atoms with E-state index in [1.807, 2.05) is 0 Å². The summed E-state index contributed by atoms with van der Waals surface area (Å²) in [4.78, 5) is 3.71. The number of nitrogens with zero attached hydrogens (tertiary/aromatic N) is 1. The molecule has 0 atom stereocenters. The minimum Gasteiger partial charge on any atom is -0.247 e. The molecule has 1 aliphatic heterocycles. The summed E-state index contributed by atoms with van der Waals surface area (Å²) in [6.45, 7) is 1.76. The molecule has 0 aliphatic carbocycles. The van der Waals surface area contributed by atoms with Crippen LogP contribution < -0.4 is 0 Å². The van der Waals surface area contributed by atoms with Crippen LogP contribution in [0.3, 0.4) is 0 Å². The van der Waals surface area contributed by atoms with Crippen molar-refractivity contribution in [3.05, 3.63) is 10.0 Å². The van der Waals surface area contributed by atoms with Gasteiger partial charge in [0, 0.05) is 0 Å². The first-order valence-electron chi connectivity index (χ1n) is 2.76. The molecule has 1 aliphatic rings. The van der Waals surface area contributed by atoms with Crippen LogP contribution in [0.15, 0.2) is 15.0 Å². The molecule has 0 fully saturated rings. The van der Waals surface area contributed by atoms with Crippen molar-refractivity contribution in [2.24, 2.45) is 4.99 Å². The molecule has 0 aromatic carbocycles. The molecule has 0 N–H and O–H groups in total. The largest absolute Gasteiger partial charge is 0.247 e. The summed E-state index contributed by atoms with van der Waals surface area (Å²) in [7, 11) is -3.19. The second-order valence-corrected chi connectivity index (χ2v) is 5.11. The number of halogens is 1. The van der Waals surface area contributed by atoms with E-state index in [9.17, 15) is 8.42 Å². The molecule has 0 bridgehead atoms. The number of rotatable bonds is 1. The Kier molecular flexibility index (Phi) is 1.96. The molecule has 0 unspecified atom stereocenters. The average molecular weight is 224 g/mol. The zero-order valence-corrected chi connectivity index (χ0v) is 7.74. The van der Waals surface area contributed by atoms with Gasteiger partial charge in [-0.1, -0.05) is 6.92 Å². The molecule has 0 saturated carbocycles. The number of aliphatic imine (C=N–C) groups is 1. The van der Waals surface area contributed by atoms with Crippen molar-refractivity contribution in [2.75, 3.05) is 0 Å². The summed E-state index contributed by atoms with van der Waals surface area (Å²) in [5.41, 5.74) is 0. The first kappa shape index (κ1) is 7.94. The average Bonchev–Trinajstić information content (AvgIpc) is 2.10. The highest BCUT2D eigenvalue weighted by Crippen LogP contribution is 2.23. The van der Waals surface area contributed by atoms with Gasteiger partial charge in [0.1, 0.15) is 8.86 Å². The van der Waals surface area contributed by atoms with Gasteiger partial charge < -0.3 is 0 Å². The molecule has 0 aromatic heterocycles. The van der Waals surface area contributed by atoms with Gasteiger partial charge in [-0.3, -0.25) is 0 Å². The summed E-state index contributed by atoms with van der Waals surface area (Å²) in [6.07, 6.45) is 1.77. The van der Waals surface area contributed by atoms with Crippen LogP contribution in [-0.4, -0.2) is 13.5 Å². The molecule has 1 rings (SSSR count). The quantitative estimate of drug-likeness (QED) is 0.676. The van der Waals surface area contributed by atoms with Gasteiger partial charge in [-0.2, -0.15) is 0 Å². The van der Waals surface area contributed by atoms with Crippen molar-refractivity contribution >= 4 is 30.8 Å². The predicted molar refractivity (Wildman–Crippen MR) is 43.7 cm³/mol. The Balaban J connectivity index is 3.14. The lowest BCUT2D eigenvalue weighted by atomic mass is 10.5. The fraction of sp³-hybridized carbons (Fsp3) is 0.400. The molecule has 1 heterocycles. The molecular weight excluding hydrogens is 218 g/mol. The maximum Gasteiger partial charge on any atom is 0.227 e. The van der Waals surface area contributed by atoms with Crippen LogP contribution in [0.4, 0.5) is 0 Å². The highest BCUT2D eigenvalue weighted by molar-refractivity contribution is 9.14. The van der Waals surface area contributed by atoms with Crippen molar-refractivity contribution in [3.8, 4) is 0 Å². The SMILES string of the molecule is CCC1=NC=C(Br)S1(=O)=O. The van der Waals surface area contributed by atoms with Gasteiger partial charge in [-0.05, 0) is 22.4 Å². The first-order chi connectivity index (χ1) is 4.59. The summed E-state index contributed by atoms with van der Waals surface area (Å²) in [5, 5.41) is 0.236. The van der Waals surface area contributed by atoms with Gasteiger partial charge in [0.2, 0.25) is 9.84 Å². The fourth-order valence-corrected chi connectivity index (χ4v) is 2.31. The van der Waals surface area contributed by atoms with E-state index in [1.165, 1.54) is 6.20 Å². The van der Waals surface area contributed by atoms with E-state index in [0.717, 1.165) is 0 Å². The number of hydrogen-bond acceptors (Lipinski definition) is 3. The van der Waals surface area contributed by atoms with Gasteiger partial charge in [-0.15, -0.1) is 0 Å². The lowest BCUT2D eigenvalue weighted by Gasteiger charge is -1.94. The second-order valence-electron chi connectivity index (χ2n) is 1.81.